The Hall–Kier alpha value is -2.08. The fourth-order valence-electron chi connectivity index (χ4n) is 1.82. The Labute approximate surface area is 118 Å². The predicted octanol–water partition coefficient (Wildman–Crippen LogP) is 3.72. The third-order valence-electron chi connectivity index (χ3n) is 2.86. The first-order chi connectivity index (χ1) is 9.61. The summed E-state index contributed by atoms with van der Waals surface area (Å²) in [6.07, 6.45) is 0. The van der Waals surface area contributed by atoms with Gasteiger partial charge in [0.25, 0.3) is 0 Å². The van der Waals surface area contributed by atoms with Gasteiger partial charge >= 0.3 is 0 Å². The first kappa shape index (κ1) is 12.9. The average Bonchev–Trinajstić information content (AvgIpc) is 2.80. The number of benzene rings is 2. The number of hydrogen-bond donors (Lipinski definition) is 2. The Balaban J connectivity index is 1.79. The maximum Gasteiger partial charge on any atom is 0.166 e. The molecule has 3 nitrogen and oxygen atoms in total. The Kier molecular flexibility index (Phi) is 3.31. The molecule has 0 saturated carbocycles. The number of nitrogens with one attached hydrogen (secondary N) is 1. The second kappa shape index (κ2) is 5.13. The molecule has 3 N–H and O–H groups in total. The van der Waals surface area contributed by atoms with Crippen LogP contribution in [0.4, 0.5) is 14.5 Å². The van der Waals surface area contributed by atoms with Crippen LogP contribution in [0.1, 0.15) is 5.56 Å². The van der Waals surface area contributed by atoms with E-state index < -0.39 is 11.6 Å². The zero-order valence-corrected chi connectivity index (χ0v) is 11.2. The predicted molar refractivity (Wildman–Crippen MR) is 76.4 cm³/mol. The minimum atomic E-state index is -0.890. The Bertz CT molecular complexity index is 714. The summed E-state index contributed by atoms with van der Waals surface area (Å²) in [6, 6.07) is 9.74. The lowest BCUT2D eigenvalue weighted by Gasteiger charge is -1.99. The van der Waals surface area contributed by atoms with Crippen molar-refractivity contribution in [3.05, 3.63) is 53.6 Å². The van der Waals surface area contributed by atoms with Gasteiger partial charge in [-0.3, -0.25) is 0 Å². The van der Waals surface area contributed by atoms with Crippen LogP contribution in [0.2, 0.25) is 0 Å². The van der Waals surface area contributed by atoms with Crippen molar-refractivity contribution < 1.29 is 8.78 Å². The van der Waals surface area contributed by atoms with Gasteiger partial charge in [0.2, 0.25) is 0 Å². The summed E-state index contributed by atoms with van der Waals surface area (Å²) in [7, 11) is 0. The molecule has 0 spiro atoms. The molecule has 102 valence electrons. The van der Waals surface area contributed by atoms with Gasteiger partial charge in [-0.25, -0.2) is 13.8 Å². The Morgan fingerprint density at radius 1 is 1.10 bits per heavy atom. The van der Waals surface area contributed by atoms with Crippen molar-refractivity contribution in [2.24, 2.45) is 0 Å². The fraction of sp³-hybridized carbons (Fsp3) is 0.0714. The van der Waals surface area contributed by atoms with Crippen LogP contribution >= 0.6 is 11.8 Å². The van der Waals surface area contributed by atoms with Crippen LogP contribution < -0.4 is 5.73 Å². The SMILES string of the molecule is Nc1ccc(CSc2nc3cc(F)c(F)cc3[nH]2)cc1. The molecule has 3 aromatic rings. The summed E-state index contributed by atoms with van der Waals surface area (Å²) in [5, 5.41) is 0.627. The number of hydrogen-bond acceptors (Lipinski definition) is 3. The van der Waals surface area contributed by atoms with Gasteiger partial charge in [0.1, 0.15) is 0 Å². The highest BCUT2D eigenvalue weighted by molar-refractivity contribution is 7.98. The van der Waals surface area contributed by atoms with Gasteiger partial charge < -0.3 is 10.7 Å². The third-order valence-corrected chi connectivity index (χ3v) is 3.80. The maximum absolute atomic E-state index is 13.1. The number of anilines is 1. The molecule has 0 saturated heterocycles. The molecule has 0 fully saturated rings. The summed E-state index contributed by atoms with van der Waals surface area (Å²) < 4.78 is 26.2. The molecular formula is C14H11F2N3S. The van der Waals surface area contributed by atoms with E-state index in [1.165, 1.54) is 11.8 Å². The number of fused-ring (bicyclic) bond motifs is 1. The number of H-pyrrole nitrogens is 1. The van der Waals surface area contributed by atoms with Crippen LogP contribution in [0.25, 0.3) is 11.0 Å². The highest BCUT2D eigenvalue weighted by Crippen LogP contribution is 2.24. The molecule has 0 unspecified atom stereocenters. The van der Waals surface area contributed by atoms with E-state index in [9.17, 15) is 8.78 Å². The van der Waals surface area contributed by atoms with Crippen LogP contribution in [0, 0.1) is 11.6 Å². The van der Waals surface area contributed by atoms with Crippen LogP contribution in [-0.4, -0.2) is 9.97 Å². The van der Waals surface area contributed by atoms with E-state index >= 15 is 0 Å². The van der Waals surface area contributed by atoms with E-state index in [0.717, 1.165) is 17.7 Å². The first-order valence-electron chi connectivity index (χ1n) is 5.94. The van der Waals surface area contributed by atoms with Gasteiger partial charge in [0.15, 0.2) is 16.8 Å². The van der Waals surface area contributed by atoms with Gasteiger partial charge in [-0.05, 0) is 17.7 Å². The van der Waals surface area contributed by atoms with Gasteiger partial charge in [0, 0.05) is 23.6 Å². The molecule has 0 aliphatic rings. The van der Waals surface area contributed by atoms with Crippen LogP contribution in [0.15, 0.2) is 41.6 Å². The average molecular weight is 291 g/mol. The van der Waals surface area contributed by atoms with Crippen molar-refractivity contribution in [2.75, 3.05) is 5.73 Å². The normalized spacial score (nSPS) is 11.1. The highest BCUT2D eigenvalue weighted by Gasteiger charge is 2.09. The minimum Gasteiger partial charge on any atom is -0.399 e. The van der Waals surface area contributed by atoms with E-state index in [-0.39, 0.29) is 0 Å². The highest BCUT2D eigenvalue weighted by atomic mass is 32.2. The number of imidazole rings is 1. The van der Waals surface area contributed by atoms with Gasteiger partial charge in [-0.2, -0.15) is 0 Å². The zero-order chi connectivity index (χ0) is 14.1. The maximum atomic E-state index is 13.1. The summed E-state index contributed by atoms with van der Waals surface area (Å²) >= 11 is 1.46. The van der Waals surface area contributed by atoms with Crippen molar-refractivity contribution in [1.82, 2.24) is 9.97 Å². The fourth-order valence-corrected chi connectivity index (χ4v) is 2.66. The van der Waals surface area contributed by atoms with E-state index in [2.05, 4.69) is 9.97 Å². The summed E-state index contributed by atoms with van der Waals surface area (Å²) in [4.78, 5) is 7.19. The Morgan fingerprint density at radius 3 is 2.55 bits per heavy atom. The first-order valence-corrected chi connectivity index (χ1v) is 6.92. The monoisotopic (exact) mass is 291 g/mol. The Morgan fingerprint density at radius 2 is 1.80 bits per heavy atom. The lowest BCUT2D eigenvalue weighted by Crippen LogP contribution is -1.86. The molecule has 0 atom stereocenters. The summed E-state index contributed by atoms with van der Waals surface area (Å²) in [5.41, 5.74) is 8.34. The lowest BCUT2D eigenvalue weighted by atomic mass is 10.2. The van der Waals surface area contributed by atoms with Crippen molar-refractivity contribution in [3.8, 4) is 0 Å². The smallest absolute Gasteiger partial charge is 0.166 e. The number of aromatic amines is 1. The molecular weight excluding hydrogens is 280 g/mol. The molecule has 0 bridgehead atoms. The van der Waals surface area contributed by atoms with Gasteiger partial charge in [0.05, 0.1) is 11.0 Å². The van der Waals surface area contributed by atoms with E-state index in [0.29, 0.717) is 27.6 Å². The molecule has 0 radical (unpaired) electrons. The molecule has 0 aliphatic heterocycles. The summed E-state index contributed by atoms with van der Waals surface area (Å²) in [6.45, 7) is 0. The molecule has 1 heterocycles. The second-order valence-corrected chi connectivity index (χ2v) is 5.32. The lowest BCUT2D eigenvalue weighted by molar-refractivity contribution is 0.510. The quantitative estimate of drug-likeness (QED) is 0.571. The molecule has 20 heavy (non-hydrogen) atoms. The van der Waals surface area contributed by atoms with Gasteiger partial charge in [-0.1, -0.05) is 23.9 Å². The number of nitrogen functional groups attached to an aromatic ring is 1. The van der Waals surface area contributed by atoms with Crippen LogP contribution in [0.3, 0.4) is 0 Å². The van der Waals surface area contributed by atoms with Crippen molar-refractivity contribution in [2.45, 2.75) is 10.9 Å². The van der Waals surface area contributed by atoms with Crippen molar-refractivity contribution >= 4 is 28.5 Å². The number of nitrogens with two attached hydrogens (primary N) is 1. The molecule has 3 rings (SSSR count). The number of rotatable bonds is 3. The van der Waals surface area contributed by atoms with E-state index in [1.807, 2.05) is 24.3 Å². The number of thioether (sulfide) groups is 1. The van der Waals surface area contributed by atoms with Crippen molar-refractivity contribution in [1.29, 1.82) is 0 Å². The molecule has 0 aliphatic carbocycles. The number of aromatic nitrogens is 2. The van der Waals surface area contributed by atoms with Crippen LogP contribution in [-0.2, 0) is 5.75 Å². The standard InChI is InChI=1S/C14H11F2N3S/c15-10-5-12-13(6-11(10)16)19-14(18-12)20-7-8-1-3-9(17)4-2-8/h1-6H,7,17H2,(H,18,19). The van der Waals surface area contributed by atoms with E-state index in [4.69, 9.17) is 5.73 Å². The number of halogens is 2. The molecule has 1 aromatic heterocycles. The van der Waals surface area contributed by atoms with Crippen LogP contribution in [0.5, 0.6) is 0 Å². The molecule has 0 amide bonds. The number of nitrogens with zero attached hydrogens (tertiary/aromatic N) is 1. The summed E-state index contributed by atoms with van der Waals surface area (Å²) in [5.74, 6) is -1.07. The van der Waals surface area contributed by atoms with Crippen molar-refractivity contribution in [3.63, 3.8) is 0 Å². The minimum absolute atomic E-state index is 0.420. The largest absolute Gasteiger partial charge is 0.399 e. The van der Waals surface area contributed by atoms with E-state index in [1.54, 1.807) is 0 Å². The third kappa shape index (κ3) is 2.60. The molecule has 6 heteroatoms. The topological polar surface area (TPSA) is 54.7 Å². The molecule has 2 aromatic carbocycles. The second-order valence-electron chi connectivity index (χ2n) is 4.36. The zero-order valence-electron chi connectivity index (χ0n) is 10.4. The van der Waals surface area contributed by atoms with Gasteiger partial charge in [-0.15, -0.1) is 0 Å².